The zero-order valence-corrected chi connectivity index (χ0v) is 14.2. The molecule has 3 aromatic rings. The summed E-state index contributed by atoms with van der Waals surface area (Å²) < 4.78 is 9.82. The van der Waals surface area contributed by atoms with Crippen LogP contribution in [0.25, 0.3) is 11.3 Å². The van der Waals surface area contributed by atoms with E-state index < -0.39 is 5.97 Å². The summed E-state index contributed by atoms with van der Waals surface area (Å²) in [5.41, 5.74) is 1.86. The number of aromatic nitrogens is 2. The number of aliphatic carboxylic acids is 1. The molecule has 3 rings (SSSR count). The first-order chi connectivity index (χ1) is 11.7. The lowest BCUT2D eigenvalue weighted by atomic mass is 10.1. The number of nitrogens with zero attached hydrogens (tertiary/aromatic N) is 2. The molecule has 1 N–H and O–H groups in total. The van der Waals surface area contributed by atoms with Crippen molar-refractivity contribution in [3.8, 4) is 17.0 Å². The Morgan fingerprint density at radius 2 is 1.88 bits per heavy atom. The van der Waals surface area contributed by atoms with Crippen LogP contribution in [0.5, 0.6) is 5.75 Å². The van der Waals surface area contributed by atoms with Gasteiger partial charge < -0.3 is 9.84 Å². The van der Waals surface area contributed by atoms with E-state index in [0.717, 1.165) is 26.8 Å². The molecule has 1 heterocycles. The van der Waals surface area contributed by atoms with Gasteiger partial charge in [-0.15, -0.1) is 16.9 Å². The summed E-state index contributed by atoms with van der Waals surface area (Å²) in [5, 5.41) is 12.9. The van der Waals surface area contributed by atoms with Crippen molar-refractivity contribution in [2.45, 2.75) is 11.5 Å². The summed E-state index contributed by atoms with van der Waals surface area (Å²) in [6, 6.07) is 17.3. The van der Waals surface area contributed by atoms with Crippen molar-refractivity contribution in [2.75, 3.05) is 5.75 Å². The minimum Gasteiger partial charge on any atom is -0.488 e. The molecule has 24 heavy (non-hydrogen) atoms. The van der Waals surface area contributed by atoms with E-state index >= 15 is 0 Å². The van der Waals surface area contributed by atoms with E-state index in [0.29, 0.717) is 6.61 Å². The van der Waals surface area contributed by atoms with Gasteiger partial charge >= 0.3 is 5.97 Å². The molecule has 0 saturated carbocycles. The first-order valence-electron chi connectivity index (χ1n) is 7.16. The summed E-state index contributed by atoms with van der Waals surface area (Å²) in [4.78, 5) is 12.4. The highest BCUT2D eigenvalue weighted by atomic mass is 32.2. The van der Waals surface area contributed by atoms with Gasteiger partial charge in [0.1, 0.15) is 18.1 Å². The Labute approximate surface area is 147 Å². The van der Waals surface area contributed by atoms with E-state index in [4.69, 9.17) is 9.84 Å². The number of carboxylic acid groups (broad SMARTS) is 1. The molecule has 0 amide bonds. The fourth-order valence-corrected chi connectivity index (χ4v) is 3.24. The summed E-state index contributed by atoms with van der Waals surface area (Å²) in [6.45, 7) is 0.392. The van der Waals surface area contributed by atoms with Crippen LogP contribution in [0.3, 0.4) is 0 Å². The number of hydrogen-bond acceptors (Lipinski definition) is 6. The van der Waals surface area contributed by atoms with Crippen molar-refractivity contribution in [2.24, 2.45) is 0 Å². The minimum absolute atomic E-state index is 0.0488. The standard InChI is InChI=1S/C17H14N2O3S2/c20-16(21)11-23-14-8-6-13(7-9-14)22-10-15-17(18-19-24-15)12-4-2-1-3-5-12/h1-9H,10-11H2,(H,20,21). The van der Waals surface area contributed by atoms with Crippen LogP contribution in [0.15, 0.2) is 59.5 Å². The third-order valence-electron chi connectivity index (χ3n) is 3.16. The average molecular weight is 358 g/mol. The van der Waals surface area contributed by atoms with Gasteiger partial charge in [0, 0.05) is 10.5 Å². The first kappa shape index (κ1) is 16.5. The van der Waals surface area contributed by atoms with E-state index in [2.05, 4.69) is 9.59 Å². The summed E-state index contributed by atoms with van der Waals surface area (Å²) in [5.74, 6) is -0.0544. The molecule has 7 heteroatoms. The highest BCUT2D eigenvalue weighted by Gasteiger charge is 2.11. The van der Waals surface area contributed by atoms with Crippen LogP contribution < -0.4 is 4.74 Å². The Balaban J connectivity index is 1.62. The zero-order chi connectivity index (χ0) is 16.8. The monoisotopic (exact) mass is 358 g/mol. The van der Waals surface area contributed by atoms with Gasteiger partial charge in [-0.1, -0.05) is 34.8 Å². The minimum atomic E-state index is -0.827. The van der Waals surface area contributed by atoms with Crippen LogP contribution in [0.4, 0.5) is 0 Å². The predicted octanol–water partition coefficient (Wildman–Crippen LogP) is 3.96. The maximum atomic E-state index is 10.6. The Hall–Kier alpha value is -2.38. The molecule has 1 aromatic heterocycles. The second kappa shape index (κ2) is 7.94. The van der Waals surface area contributed by atoms with Gasteiger partial charge in [0.15, 0.2) is 0 Å². The SMILES string of the molecule is O=C(O)CSc1ccc(OCc2snnc2-c2ccccc2)cc1. The number of hydrogen-bond donors (Lipinski definition) is 1. The second-order valence-electron chi connectivity index (χ2n) is 4.85. The Bertz CT molecular complexity index is 804. The molecule has 122 valence electrons. The Morgan fingerprint density at radius 3 is 2.58 bits per heavy atom. The number of carboxylic acids is 1. The van der Waals surface area contributed by atoms with E-state index in [9.17, 15) is 4.79 Å². The highest BCUT2D eigenvalue weighted by Crippen LogP contribution is 2.26. The number of rotatable bonds is 7. The summed E-state index contributed by atoms with van der Waals surface area (Å²) >= 11 is 2.60. The lowest BCUT2D eigenvalue weighted by Gasteiger charge is -2.06. The lowest BCUT2D eigenvalue weighted by molar-refractivity contribution is -0.133. The van der Waals surface area contributed by atoms with E-state index in [-0.39, 0.29) is 5.75 Å². The maximum Gasteiger partial charge on any atom is 0.313 e. The predicted molar refractivity (Wildman–Crippen MR) is 94.5 cm³/mol. The molecule has 0 fully saturated rings. The van der Waals surface area contributed by atoms with Crippen LogP contribution in [0, 0.1) is 0 Å². The van der Waals surface area contributed by atoms with Crippen molar-refractivity contribution in [1.29, 1.82) is 0 Å². The summed E-state index contributed by atoms with van der Waals surface area (Å²) in [6.07, 6.45) is 0. The topological polar surface area (TPSA) is 72.3 Å². The molecule has 0 radical (unpaired) electrons. The average Bonchev–Trinajstić information content (AvgIpc) is 3.08. The highest BCUT2D eigenvalue weighted by molar-refractivity contribution is 8.00. The van der Waals surface area contributed by atoms with Crippen molar-refractivity contribution < 1.29 is 14.6 Å². The van der Waals surface area contributed by atoms with Crippen molar-refractivity contribution in [1.82, 2.24) is 9.59 Å². The Morgan fingerprint density at radius 1 is 1.12 bits per heavy atom. The van der Waals surface area contributed by atoms with Gasteiger partial charge in [0.25, 0.3) is 0 Å². The molecule has 0 atom stereocenters. The molecular formula is C17H14N2O3S2. The normalized spacial score (nSPS) is 10.5. The molecule has 0 aliphatic heterocycles. The number of thioether (sulfide) groups is 1. The fraction of sp³-hybridized carbons (Fsp3) is 0.118. The molecule has 0 spiro atoms. The quantitative estimate of drug-likeness (QED) is 0.645. The largest absolute Gasteiger partial charge is 0.488 e. The Kier molecular flexibility index (Phi) is 5.45. The van der Waals surface area contributed by atoms with Crippen LogP contribution in [-0.4, -0.2) is 26.4 Å². The molecule has 0 saturated heterocycles. The van der Waals surface area contributed by atoms with E-state index in [1.165, 1.54) is 23.3 Å². The third kappa shape index (κ3) is 4.33. The summed E-state index contributed by atoms with van der Waals surface area (Å²) in [7, 11) is 0. The van der Waals surface area contributed by atoms with Gasteiger partial charge in [0.2, 0.25) is 0 Å². The van der Waals surface area contributed by atoms with E-state index in [1.807, 2.05) is 54.6 Å². The zero-order valence-electron chi connectivity index (χ0n) is 12.6. The molecule has 5 nitrogen and oxygen atoms in total. The van der Waals surface area contributed by atoms with Crippen molar-refractivity contribution >= 4 is 29.3 Å². The van der Waals surface area contributed by atoms with Gasteiger partial charge in [-0.05, 0) is 35.8 Å². The first-order valence-corrected chi connectivity index (χ1v) is 8.92. The number of carbonyl (C=O) groups is 1. The van der Waals surface area contributed by atoms with Crippen LogP contribution >= 0.6 is 23.3 Å². The van der Waals surface area contributed by atoms with Gasteiger partial charge in [-0.3, -0.25) is 4.79 Å². The number of ether oxygens (including phenoxy) is 1. The van der Waals surface area contributed by atoms with Crippen LogP contribution in [0.2, 0.25) is 0 Å². The van der Waals surface area contributed by atoms with Crippen LogP contribution in [-0.2, 0) is 11.4 Å². The molecular weight excluding hydrogens is 344 g/mol. The molecule has 0 aliphatic rings. The lowest BCUT2D eigenvalue weighted by Crippen LogP contribution is -1.97. The van der Waals surface area contributed by atoms with Gasteiger partial charge in [0.05, 0.1) is 10.6 Å². The molecule has 2 aromatic carbocycles. The maximum absolute atomic E-state index is 10.6. The van der Waals surface area contributed by atoms with Gasteiger partial charge in [-0.25, -0.2) is 0 Å². The van der Waals surface area contributed by atoms with Crippen LogP contribution in [0.1, 0.15) is 4.88 Å². The van der Waals surface area contributed by atoms with Gasteiger partial charge in [-0.2, -0.15) is 0 Å². The second-order valence-corrected chi connectivity index (χ2v) is 6.74. The molecule has 0 unspecified atom stereocenters. The van der Waals surface area contributed by atoms with Crippen molar-refractivity contribution in [3.63, 3.8) is 0 Å². The third-order valence-corrected chi connectivity index (χ3v) is 4.85. The van der Waals surface area contributed by atoms with Crippen molar-refractivity contribution in [3.05, 3.63) is 59.5 Å². The van der Waals surface area contributed by atoms with E-state index in [1.54, 1.807) is 0 Å². The fourth-order valence-electron chi connectivity index (χ4n) is 2.05. The number of benzene rings is 2. The smallest absolute Gasteiger partial charge is 0.313 e. The molecule has 0 bridgehead atoms. The molecule has 0 aliphatic carbocycles.